The van der Waals surface area contributed by atoms with Crippen LogP contribution in [0.15, 0.2) is 41.8 Å². The number of amides is 2. The Kier molecular flexibility index (Phi) is 5.88. The molecule has 1 N–H and O–H groups in total. The fraction of sp³-hybridized carbons (Fsp3) is 0.421. The molecule has 1 fully saturated rings. The number of hydrogen-bond acceptors (Lipinski definition) is 3. The summed E-state index contributed by atoms with van der Waals surface area (Å²) in [6, 6.07) is 12.0. The summed E-state index contributed by atoms with van der Waals surface area (Å²) in [6.07, 6.45) is 3.15. The Morgan fingerprint density at radius 2 is 2.21 bits per heavy atom. The van der Waals surface area contributed by atoms with Crippen molar-refractivity contribution in [1.82, 2.24) is 4.90 Å². The molecule has 1 unspecified atom stereocenters. The van der Waals surface area contributed by atoms with Crippen molar-refractivity contribution in [2.45, 2.75) is 38.8 Å². The maximum Gasteiger partial charge on any atom is 0.322 e. The summed E-state index contributed by atoms with van der Waals surface area (Å²) in [5.74, 6) is 0. The molecule has 0 spiro atoms. The number of nitrogens with zero attached hydrogens (tertiary/aromatic N) is 1. The lowest BCUT2D eigenvalue weighted by Gasteiger charge is -2.26. The molecule has 3 rings (SSSR count). The largest absolute Gasteiger partial charge is 0.376 e. The zero-order valence-electron chi connectivity index (χ0n) is 14.0. The van der Waals surface area contributed by atoms with Crippen LogP contribution < -0.4 is 5.32 Å². The molecule has 5 heteroatoms. The van der Waals surface area contributed by atoms with Crippen LogP contribution in [0.2, 0.25) is 0 Å². The summed E-state index contributed by atoms with van der Waals surface area (Å²) in [4.78, 5) is 15.9. The summed E-state index contributed by atoms with van der Waals surface area (Å²) >= 11 is 1.68. The van der Waals surface area contributed by atoms with Crippen LogP contribution in [-0.2, 0) is 17.7 Å². The van der Waals surface area contributed by atoms with E-state index in [2.05, 4.69) is 24.4 Å². The fourth-order valence-electron chi connectivity index (χ4n) is 2.99. The molecule has 0 radical (unpaired) electrons. The van der Waals surface area contributed by atoms with Crippen LogP contribution in [0.3, 0.4) is 0 Å². The zero-order chi connectivity index (χ0) is 16.8. The van der Waals surface area contributed by atoms with Gasteiger partial charge in [-0.1, -0.05) is 31.2 Å². The Balaban J connectivity index is 1.71. The number of benzene rings is 1. The van der Waals surface area contributed by atoms with Crippen molar-refractivity contribution >= 4 is 23.1 Å². The summed E-state index contributed by atoms with van der Waals surface area (Å²) in [5.41, 5.74) is 2.05. The summed E-state index contributed by atoms with van der Waals surface area (Å²) in [7, 11) is 0. The molecule has 0 bridgehead atoms. The second kappa shape index (κ2) is 8.31. The van der Waals surface area contributed by atoms with E-state index in [0.717, 1.165) is 37.1 Å². The van der Waals surface area contributed by atoms with Crippen molar-refractivity contribution in [3.05, 3.63) is 52.2 Å². The van der Waals surface area contributed by atoms with Crippen molar-refractivity contribution in [3.63, 3.8) is 0 Å². The Hall–Kier alpha value is -1.85. The Labute approximate surface area is 147 Å². The van der Waals surface area contributed by atoms with Gasteiger partial charge in [0.1, 0.15) is 0 Å². The number of nitrogens with one attached hydrogen (secondary N) is 1. The first kappa shape index (κ1) is 17.0. The predicted molar refractivity (Wildman–Crippen MR) is 98.5 cm³/mol. The highest BCUT2D eigenvalue weighted by molar-refractivity contribution is 7.09. The second-order valence-electron chi connectivity index (χ2n) is 6.04. The molecule has 1 aromatic heterocycles. The minimum atomic E-state index is -0.0557. The number of para-hydroxylation sites is 1. The van der Waals surface area contributed by atoms with Crippen LogP contribution in [0.25, 0.3) is 0 Å². The highest BCUT2D eigenvalue weighted by atomic mass is 32.1. The third kappa shape index (κ3) is 4.36. The number of ether oxygens (including phenoxy) is 1. The van der Waals surface area contributed by atoms with E-state index < -0.39 is 0 Å². The van der Waals surface area contributed by atoms with E-state index in [1.54, 1.807) is 11.3 Å². The number of thiophene rings is 1. The lowest BCUT2D eigenvalue weighted by atomic mass is 10.1. The third-order valence-electron chi connectivity index (χ3n) is 4.30. The molecule has 0 aliphatic carbocycles. The van der Waals surface area contributed by atoms with Gasteiger partial charge in [0.05, 0.1) is 12.6 Å². The van der Waals surface area contributed by atoms with Gasteiger partial charge in [-0.15, -0.1) is 11.3 Å². The fourth-order valence-corrected chi connectivity index (χ4v) is 3.71. The lowest BCUT2D eigenvalue weighted by Crippen LogP contribution is -2.39. The third-order valence-corrected chi connectivity index (χ3v) is 5.16. The maximum atomic E-state index is 12.9. The standard InChI is InChI=1S/C19H24N2O2S/c1-2-15-7-3-4-10-18(15)20-19(22)21(13-16-8-5-11-23-16)14-17-9-6-12-24-17/h3-4,6-7,9-10,12,16H,2,5,8,11,13-14H2,1H3,(H,20,22). The zero-order valence-corrected chi connectivity index (χ0v) is 14.8. The monoisotopic (exact) mass is 344 g/mol. The number of carbonyl (C=O) groups is 1. The number of anilines is 1. The van der Waals surface area contributed by atoms with E-state index in [4.69, 9.17) is 4.74 Å². The van der Waals surface area contributed by atoms with Gasteiger partial charge < -0.3 is 15.0 Å². The summed E-state index contributed by atoms with van der Waals surface area (Å²) in [6.45, 7) is 4.16. The Bertz CT molecular complexity index is 651. The van der Waals surface area contributed by atoms with E-state index in [-0.39, 0.29) is 12.1 Å². The second-order valence-corrected chi connectivity index (χ2v) is 7.07. The SMILES string of the molecule is CCc1ccccc1NC(=O)N(Cc1cccs1)CC1CCCO1. The molecule has 2 aromatic rings. The van der Waals surface area contributed by atoms with Gasteiger partial charge in [0.25, 0.3) is 0 Å². The molecule has 2 heterocycles. The number of aryl methyl sites for hydroxylation is 1. The van der Waals surface area contributed by atoms with Crippen molar-refractivity contribution in [2.24, 2.45) is 0 Å². The number of rotatable bonds is 6. The first-order valence-corrected chi connectivity index (χ1v) is 9.42. The Morgan fingerprint density at radius 3 is 2.92 bits per heavy atom. The highest BCUT2D eigenvalue weighted by Crippen LogP contribution is 2.20. The minimum Gasteiger partial charge on any atom is -0.376 e. The predicted octanol–water partition coefficient (Wildman–Crippen LogP) is 4.52. The van der Waals surface area contributed by atoms with Gasteiger partial charge in [-0.05, 0) is 42.3 Å². The molecule has 2 amide bonds. The minimum absolute atomic E-state index is 0.0557. The van der Waals surface area contributed by atoms with Crippen LogP contribution >= 0.6 is 11.3 Å². The van der Waals surface area contributed by atoms with Crippen molar-refractivity contribution in [3.8, 4) is 0 Å². The van der Waals surface area contributed by atoms with Gasteiger partial charge in [-0.2, -0.15) is 0 Å². The van der Waals surface area contributed by atoms with E-state index in [0.29, 0.717) is 13.1 Å². The van der Waals surface area contributed by atoms with Gasteiger partial charge in [-0.25, -0.2) is 4.79 Å². The first-order chi connectivity index (χ1) is 11.8. The maximum absolute atomic E-state index is 12.9. The van der Waals surface area contributed by atoms with E-state index in [1.165, 1.54) is 4.88 Å². The smallest absolute Gasteiger partial charge is 0.322 e. The molecule has 1 aromatic carbocycles. The van der Waals surface area contributed by atoms with Crippen molar-refractivity contribution < 1.29 is 9.53 Å². The van der Waals surface area contributed by atoms with Crippen LogP contribution in [0.4, 0.5) is 10.5 Å². The van der Waals surface area contributed by atoms with Crippen LogP contribution in [0.5, 0.6) is 0 Å². The van der Waals surface area contributed by atoms with E-state index in [1.807, 2.05) is 34.5 Å². The average molecular weight is 344 g/mol. The molecular formula is C19H24N2O2S. The molecule has 1 saturated heterocycles. The van der Waals surface area contributed by atoms with Crippen LogP contribution in [0.1, 0.15) is 30.2 Å². The Morgan fingerprint density at radius 1 is 1.33 bits per heavy atom. The molecule has 24 heavy (non-hydrogen) atoms. The molecule has 4 nitrogen and oxygen atoms in total. The molecule has 128 valence electrons. The summed E-state index contributed by atoms with van der Waals surface area (Å²) in [5, 5.41) is 5.13. The van der Waals surface area contributed by atoms with Crippen molar-refractivity contribution in [1.29, 1.82) is 0 Å². The lowest BCUT2D eigenvalue weighted by molar-refractivity contribution is 0.0821. The molecular weight excluding hydrogens is 320 g/mol. The van der Waals surface area contributed by atoms with Gasteiger partial charge in [0.2, 0.25) is 0 Å². The molecule has 1 aliphatic rings. The van der Waals surface area contributed by atoms with Crippen LogP contribution in [0, 0.1) is 0 Å². The number of carbonyl (C=O) groups excluding carboxylic acids is 1. The summed E-state index contributed by atoms with van der Waals surface area (Å²) < 4.78 is 5.73. The number of hydrogen-bond donors (Lipinski definition) is 1. The van der Waals surface area contributed by atoms with Crippen LogP contribution in [-0.4, -0.2) is 30.2 Å². The normalized spacial score (nSPS) is 17.0. The van der Waals surface area contributed by atoms with Gasteiger partial charge in [0.15, 0.2) is 0 Å². The number of urea groups is 1. The van der Waals surface area contributed by atoms with Crippen molar-refractivity contribution in [2.75, 3.05) is 18.5 Å². The van der Waals surface area contributed by atoms with Gasteiger partial charge in [0, 0.05) is 23.7 Å². The topological polar surface area (TPSA) is 41.6 Å². The van der Waals surface area contributed by atoms with E-state index >= 15 is 0 Å². The van der Waals surface area contributed by atoms with E-state index in [9.17, 15) is 4.79 Å². The average Bonchev–Trinajstić information content (AvgIpc) is 3.28. The molecule has 1 aliphatic heterocycles. The molecule has 0 saturated carbocycles. The van der Waals surface area contributed by atoms with Gasteiger partial charge in [-0.3, -0.25) is 0 Å². The first-order valence-electron chi connectivity index (χ1n) is 8.54. The van der Waals surface area contributed by atoms with Gasteiger partial charge >= 0.3 is 6.03 Å². The highest BCUT2D eigenvalue weighted by Gasteiger charge is 2.23. The molecule has 1 atom stereocenters. The quantitative estimate of drug-likeness (QED) is 0.837.